The molecule has 2 aromatic rings. The van der Waals surface area contributed by atoms with E-state index in [0.717, 1.165) is 37.1 Å². The zero-order chi connectivity index (χ0) is 12.4. The van der Waals surface area contributed by atoms with Crippen LogP contribution in [0.25, 0.3) is 17.1 Å². The Kier molecular flexibility index (Phi) is 3.24. The first-order valence-electron chi connectivity index (χ1n) is 4.66. The van der Waals surface area contributed by atoms with Gasteiger partial charge in [-0.2, -0.15) is 0 Å². The standard InChI is InChI=1S/C11H7N3O2.Pb/c12-5-7(11(15)16)4-8-6-14-10-9(8)2-1-3-13-10;/h1-4,6H,(H2,13,14,15,16);/q;+1/p-1/b7-4+;. The van der Waals surface area contributed by atoms with E-state index >= 15 is 0 Å². The van der Waals surface area contributed by atoms with Crippen LogP contribution < -0.4 is 0 Å². The Morgan fingerprint density at radius 3 is 3.06 bits per heavy atom. The molecule has 0 bridgehead atoms. The van der Waals surface area contributed by atoms with Crippen LogP contribution in [0.1, 0.15) is 5.56 Å². The first-order chi connectivity index (χ1) is 8.13. The average molecular weight is 419 g/mol. The van der Waals surface area contributed by atoms with Gasteiger partial charge in [0, 0.05) is 0 Å². The maximum absolute atomic E-state index is 10.8. The van der Waals surface area contributed by atoms with Crippen molar-refractivity contribution in [1.82, 2.24) is 7.36 Å². The third-order valence-corrected chi connectivity index (χ3v) is 3.57. The van der Waals surface area contributed by atoms with E-state index in [9.17, 15) is 4.79 Å². The molecule has 0 aliphatic heterocycles. The fourth-order valence-corrected chi connectivity index (χ4v) is 2.73. The second kappa shape index (κ2) is 4.67. The zero-order valence-corrected chi connectivity index (χ0v) is 12.5. The summed E-state index contributed by atoms with van der Waals surface area (Å²) in [6, 6.07) is 5.31. The summed E-state index contributed by atoms with van der Waals surface area (Å²) in [4.78, 5) is 15.0. The van der Waals surface area contributed by atoms with Crippen molar-refractivity contribution >= 4 is 49.1 Å². The number of pyridine rings is 1. The first kappa shape index (κ1) is 11.8. The molecule has 0 amide bonds. The second-order valence-corrected chi connectivity index (χ2v) is 5.18. The molecule has 0 saturated carbocycles. The number of aliphatic carboxylic acids is 1. The molecule has 0 spiro atoms. The number of rotatable bonds is 2. The second-order valence-electron chi connectivity index (χ2n) is 3.30. The summed E-state index contributed by atoms with van der Waals surface area (Å²) in [6.45, 7) is 0. The summed E-state index contributed by atoms with van der Waals surface area (Å²) in [7, 11) is 0. The quantitative estimate of drug-likeness (QED) is 0.447. The molecule has 5 nitrogen and oxygen atoms in total. The van der Waals surface area contributed by atoms with E-state index in [1.807, 2.05) is 14.6 Å². The Morgan fingerprint density at radius 1 is 1.65 bits per heavy atom. The molecule has 0 aromatic carbocycles. The summed E-state index contributed by atoms with van der Waals surface area (Å²) < 4.78 is 1.93. The molecule has 2 aromatic heterocycles. The number of carboxylic acids is 1. The molecule has 1 N–H and O–H groups in total. The van der Waals surface area contributed by atoms with Crippen molar-refractivity contribution in [2.45, 2.75) is 0 Å². The van der Waals surface area contributed by atoms with Crippen molar-refractivity contribution in [2.24, 2.45) is 0 Å². The van der Waals surface area contributed by atoms with E-state index in [-0.39, 0.29) is 5.57 Å². The van der Waals surface area contributed by atoms with Crippen molar-refractivity contribution in [2.75, 3.05) is 0 Å². The Hall–Kier alpha value is -1.69. The molecule has 81 valence electrons. The number of aromatic nitrogens is 2. The molecule has 0 aliphatic carbocycles. The van der Waals surface area contributed by atoms with E-state index in [0.29, 0.717) is 5.56 Å². The van der Waals surface area contributed by atoms with Crippen molar-refractivity contribution < 1.29 is 9.90 Å². The van der Waals surface area contributed by atoms with E-state index < -0.39 is 5.97 Å². The molecule has 0 unspecified atom stereocenters. The minimum absolute atomic E-state index is 0.275. The van der Waals surface area contributed by atoms with Gasteiger partial charge in [0.1, 0.15) is 0 Å². The average Bonchev–Trinajstić information content (AvgIpc) is 2.63. The monoisotopic (exact) mass is 420 g/mol. The first-order valence-corrected chi connectivity index (χ1v) is 6.40. The summed E-state index contributed by atoms with van der Waals surface area (Å²) in [5.41, 5.74) is 1.25. The van der Waals surface area contributed by atoms with Gasteiger partial charge in [0.15, 0.2) is 0 Å². The van der Waals surface area contributed by atoms with Gasteiger partial charge in [-0.1, -0.05) is 0 Å². The van der Waals surface area contributed by atoms with Gasteiger partial charge in [-0.25, -0.2) is 0 Å². The molecule has 6 heteroatoms. The Labute approximate surface area is 113 Å². The molecular formula is C11H6N3O2Pb. The Balaban J connectivity index is 2.65. The topological polar surface area (TPSA) is 78.9 Å². The van der Waals surface area contributed by atoms with Crippen LogP contribution in [0.5, 0.6) is 0 Å². The number of hydrogen-bond donors (Lipinski definition) is 1. The van der Waals surface area contributed by atoms with E-state index in [4.69, 9.17) is 10.4 Å². The van der Waals surface area contributed by atoms with Crippen molar-refractivity contribution in [3.63, 3.8) is 0 Å². The van der Waals surface area contributed by atoms with E-state index in [2.05, 4.69) is 4.98 Å². The zero-order valence-electron chi connectivity index (χ0n) is 8.58. The van der Waals surface area contributed by atoms with Crippen LogP contribution >= 0.6 is 0 Å². The van der Waals surface area contributed by atoms with Crippen LogP contribution in [-0.2, 0) is 4.79 Å². The van der Waals surface area contributed by atoms with Gasteiger partial charge in [-0.3, -0.25) is 0 Å². The minimum atomic E-state index is -1.22. The third-order valence-electron chi connectivity index (χ3n) is 2.24. The van der Waals surface area contributed by atoms with E-state index in [1.165, 1.54) is 6.08 Å². The molecule has 0 saturated heterocycles. The van der Waals surface area contributed by atoms with Gasteiger partial charge in [-0.05, 0) is 0 Å². The molecule has 17 heavy (non-hydrogen) atoms. The van der Waals surface area contributed by atoms with Crippen LogP contribution in [0.4, 0.5) is 0 Å². The van der Waals surface area contributed by atoms with Gasteiger partial charge in [0.05, 0.1) is 0 Å². The Bertz CT molecular complexity index is 667. The van der Waals surface area contributed by atoms with Crippen LogP contribution in [0.3, 0.4) is 0 Å². The predicted octanol–water partition coefficient (Wildman–Crippen LogP) is 0.959. The normalized spacial score (nSPS) is 11.4. The molecule has 3 radical (unpaired) electrons. The predicted molar refractivity (Wildman–Crippen MR) is 62.1 cm³/mol. The fraction of sp³-hybridized carbons (Fsp3) is 0. The fourth-order valence-electron chi connectivity index (χ4n) is 1.50. The summed E-state index contributed by atoms with van der Waals surface area (Å²) in [5.74, 6) is -1.22. The van der Waals surface area contributed by atoms with Gasteiger partial charge in [0.25, 0.3) is 0 Å². The summed E-state index contributed by atoms with van der Waals surface area (Å²) in [6.07, 6.45) is 4.87. The molecule has 2 rings (SSSR count). The van der Waals surface area contributed by atoms with Crippen molar-refractivity contribution in [3.05, 3.63) is 35.7 Å². The van der Waals surface area contributed by atoms with Gasteiger partial charge in [-0.15, -0.1) is 0 Å². The number of nitriles is 1. The summed E-state index contributed by atoms with van der Waals surface area (Å²) in [5, 5.41) is 18.4. The maximum atomic E-state index is 10.8. The number of carbonyl (C=O) groups is 1. The number of nitrogens with zero attached hydrogens (tertiary/aromatic N) is 3. The van der Waals surface area contributed by atoms with Gasteiger partial charge in [0.2, 0.25) is 0 Å². The van der Waals surface area contributed by atoms with Gasteiger partial charge < -0.3 is 0 Å². The number of fused-ring (bicyclic) bond motifs is 1. The molecular weight excluding hydrogens is 413 g/mol. The van der Waals surface area contributed by atoms with E-state index in [1.54, 1.807) is 18.3 Å². The van der Waals surface area contributed by atoms with Crippen LogP contribution in [-0.4, -0.2) is 44.5 Å². The molecule has 2 heterocycles. The van der Waals surface area contributed by atoms with Crippen molar-refractivity contribution in [3.8, 4) is 6.07 Å². The number of hydrogen-bond acceptors (Lipinski definition) is 3. The Morgan fingerprint density at radius 2 is 2.41 bits per heavy atom. The molecule has 0 atom stereocenters. The molecule has 0 aliphatic rings. The van der Waals surface area contributed by atoms with Crippen LogP contribution in [0.2, 0.25) is 0 Å². The summed E-state index contributed by atoms with van der Waals surface area (Å²) >= 11 is 0.751. The van der Waals surface area contributed by atoms with Crippen LogP contribution in [0, 0.1) is 11.3 Å². The van der Waals surface area contributed by atoms with Crippen molar-refractivity contribution in [1.29, 1.82) is 5.26 Å². The van der Waals surface area contributed by atoms with Crippen LogP contribution in [0.15, 0.2) is 30.1 Å². The number of carboxylic acid groups (broad SMARTS) is 1. The molecule has 0 fully saturated rings. The third kappa shape index (κ3) is 2.21. The SMILES string of the molecule is N#C/C(=C\c1c[n]([Pb])c2ncccc12)C(=O)O. The van der Waals surface area contributed by atoms with Gasteiger partial charge >= 0.3 is 113 Å².